The molecule has 0 saturated heterocycles. The predicted molar refractivity (Wildman–Crippen MR) is 62.9 cm³/mol. The van der Waals surface area contributed by atoms with Crippen molar-refractivity contribution in [3.63, 3.8) is 0 Å². The molecule has 1 aromatic rings. The largest absolute Gasteiger partial charge is 0.327 e. The van der Waals surface area contributed by atoms with Gasteiger partial charge in [-0.2, -0.15) is 0 Å². The number of aromatic nitrogens is 2. The molecule has 1 amide bonds. The number of amides is 1. The lowest BCUT2D eigenvalue weighted by molar-refractivity contribution is -0.120. The van der Waals surface area contributed by atoms with E-state index in [4.69, 9.17) is 0 Å². The van der Waals surface area contributed by atoms with E-state index in [2.05, 4.69) is 10.3 Å². The molecule has 0 unspecified atom stereocenters. The van der Waals surface area contributed by atoms with E-state index >= 15 is 0 Å². The van der Waals surface area contributed by atoms with Crippen molar-refractivity contribution >= 4 is 11.7 Å². The van der Waals surface area contributed by atoms with Crippen LogP contribution in [0, 0.1) is 5.92 Å². The molecule has 0 spiro atoms. The van der Waals surface area contributed by atoms with Crippen LogP contribution in [0.2, 0.25) is 0 Å². The summed E-state index contributed by atoms with van der Waals surface area (Å²) in [4.78, 5) is 38.3. The third-order valence-corrected chi connectivity index (χ3v) is 2.99. The summed E-state index contributed by atoms with van der Waals surface area (Å²) in [5.74, 6) is 0.0341. The van der Waals surface area contributed by atoms with E-state index in [0.717, 1.165) is 25.7 Å². The zero-order chi connectivity index (χ0) is 12.3. The van der Waals surface area contributed by atoms with Crippen molar-refractivity contribution in [1.29, 1.82) is 0 Å². The van der Waals surface area contributed by atoms with Gasteiger partial charge in [0.1, 0.15) is 5.82 Å². The summed E-state index contributed by atoms with van der Waals surface area (Å²) < 4.78 is 0. The Balaban J connectivity index is 2.07. The number of anilines is 1. The number of rotatable bonds is 2. The number of carbonyl (C=O) groups excluding carboxylic acids is 1. The van der Waals surface area contributed by atoms with Crippen LogP contribution in [0.5, 0.6) is 0 Å². The highest BCUT2D eigenvalue weighted by atomic mass is 16.2. The lowest BCUT2D eigenvalue weighted by Gasteiger charge is -2.20. The molecule has 1 heterocycles. The van der Waals surface area contributed by atoms with Crippen LogP contribution in [-0.4, -0.2) is 15.9 Å². The Morgan fingerprint density at radius 3 is 2.53 bits per heavy atom. The zero-order valence-electron chi connectivity index (χ0n) is 9.41. The van der Waals surface area contributed by atoms with E-state index in [9.17, 15) is 14.4 Å². The maximum atomic E-state index is 11.8. The number of aromatic amines is 2. The van der Waals surface area contributed by atoms with Crippen molar-refractivity contribution in [2.24, 2.45) is 5.92 Å². The molecule has 0 radical (unpaired) electrons. The number of hydrogen-bond donors (Lipinski definition) is 3. The molecular formula is C11H15N3O3. The number of carbonyl (C=O) groups is 1. The summed E-state index contributed by atoms with van der Waals surface area (Å²) in [5.41, 5.74) is -1.14. The highest BCUT2D eigenvalue weighted by Gasteiger charge is 2.21. The van der Waals surface area contributed by atoms with Gasteiger partial charge in [0.25, 0.3) is 5.56 Å². The number of H-pyrrole nitrogens is 2. The molecule has 6 nitrogen and oxygen atoms in total. The van der Waals surface area contributed by atoms with Gasteiger partial charge < -0.3 is 5.32 Å². The van der Waals surface area contributed by atoms with Crippen molar-refractivity contribution < 1.29 is 4.79 Å². The summed E-state index contributed by atoms with van der Waals surface area (Å²) >= 11 is 0. The van der Waals surface area contributed by atoms with Gasteiger partial charge in [-0.1, -0.05) is 19.3 Å². The fourth-order valence-corrected chi connectivity index (χ4v) is 2.14. The molecule has 0 bridgehead atoms. The summed E-state index contributed by atoms with van der Waals surface area (Å²) in [6.45, 7) is 0. The first-order valence-electron chi connectivity index (χ1n) is 5.79. The van der Waals surface area contributed by atoms with E-state index in [1.807, 2.05) is 4.98 Å². The van der Waals surface area contributed by atoms with Gasteiger partial charge in [-0.25, -0.2) is 4.79 Å². The van der Waals surface area contributed by atoms with E-state index < -0.39 is 11.2 Å². The molecule has 1 aliphatic carbocycles. The molecule has 17 heavy (non-hydrogen) atoms. The van der Waals surface area contributed by atoms with Crippen LogP contribution in [0.4, 0.5) is 5.82 Å². The topological polar surface area (TPSA) is 94.8 Å². The molecule has 0 aromatic carbocycles. The van der Waals surface area contributed by atoms with Crippen molar-refractivity contribution in [3.05, 3.63) is 26.9 Å². The molecule has 92 valence electrons. The minimum atomic E-state index is -0.614. The van der Waals surface area contributed by atoms with E-state index in [-0.39, 0.29) is 17.6 Å². The van der Waals surface area contributed by atoms with Gasteiger partial charge in [0, 0.05) is 12.0 Å². The third-order valence-electron chi connectivity index (χ3n) is 2.99. The Morgan fingerprint density at radius 1 is 1.18 bits per heavy atom. The van der Waals surface area contributed by atoms with Crippen LogP contribution < -0.4 is 16.6 Å². The van der Waals surface area contributed by atoms with E-state index in [1.54, 1.807) is 0 Å². The second-order valence-corrected chi connectivity index (χ2v) is 4.33. The van der Waals surface area contributed by atoms with Crippen molar-refractivity contribution in [2.45, 2.75) is 32.1 Å². The monoisotopic (exact) mass is 237 g/mol. The normalized spacial score (nSPS) is 16.7. The molecule has 0 atom stereocenters. The number of hydrogen-bond acceptors (Lipinski definition) is 3. The lowest BCUT2D eigenvalue weighted by Crippen LogP contribution is -2.29. The first-order valence-corrected chi connectivity index (χ1v) is 5.79. The Bertz CT molecular complexity index is 483. The third kappa shape index (κ3) is 3.05. The van der Waals surface area contributed by atoms with Gasteiger partial charge in [-0.15, -0.1) is 0 Å². The fraction of sp³-hybridized carbons (Fsp3) is 0.545. The summed E-state index contributed by atoms with van der Waals surface area (Å²) in [6.07, 6.45) is 5.04. The Labute approximate surface area is 97.5 Å². The Morgan fingerprint density at radius 2 is 1.88 bits per heavy atom. The maximum Gasteiger partial charge on any atom is 0.327 e. The fourth-order valence-electron chi connectivity index (χ4n) is 2.14. The molecule has 1 aliphatic rings. The van der Waals surface area contributed by atoms with Crippen molar-refractivity contribution in [2.75, 3.05) is 5.32 Å². The standard InChI is InChI=1S/C11H15N3O3/c15-9-6-8(13-11(17)14-9)12-10(16)7-4-2-1-3-5-7/h6-7H,1-5H2,(H3,12,13,14,15,16,17). The van der Waals surface area contributed by atoms with Crippen LogP contribution in [-0.2, 0) is 4.79 Å². The minimum Gasteiger partial charge on any atom is -0.312 e. The van der Waals surface area contributed by atoms with Crippen LogP contribution in [0.3, 0.4) is 0 Å². The molecule has 2 rings (SSSR count). The lowest BCUT2D eigenvalue weighted by atomic mass is 9.89. The van der Waals surface area contributed by atoms with Crippen LogP contribution in [0.1, 0.15) is 32.1 Å². The van der Waals surface area contributed by atoms with Crippen LogP contribution in [0.15, 0.2) is 15.7 Å². The molecular weight excluding hydrogens is 222 g/mol. The van der Waals surface area contributed by atoms with E-state index in [1.165, 1.54) is 12.5 Å². The quantitative estimate of drug-likeness (QED) is 0.702. The molecule has 6 heteroatoms. The van der Waals surface area contributed by atoms with E-state index in [0.29, 0.717) is 0 Å². The minimum absolute atomic E-state index is 0.00783. The summed E-state index contributed by atoms with van der Waals surface area (Å²) in [7, 11) is 0. The molecule has 0 aliphatic heterocycles. The van der Waals surface area contributed by atoms with Gasteiger partial charge in [0.05, 0.1) is 0 Å². The summed E-state index contributed by atoms with van der Waals surface area (Å²) in [6, 6.07) is 1.17. The van der Waals surface area contributed by atoms with Gasteiger partial charge in [-0.05, 0) is 12.8 Å². The smallest absolute Gasteiger partial charge is 0.312 e. The van der Waals surface area contributed by atoms with Gasteiger partial charge in [-0.3, -0.25) is 19.6 Å². The van der Waals surface area contributed by atoms with Crippen molar-refractivity contribution in [3.8, 4) is 0 Å². The van der Waals surface area contributed by atoms with Crippen LogP contribution >= 0.6 is 0 Å². The molecule has 1 fully saturated rings. The average molecular weight is 237 g/mol. The second-order valence-electron chi connectivity index (χ2n) is 4.33. The molecule has 1 saturated carbocycles. The average Bonchev–Trinajstić information content (AvgIpc) is 2.28. The van der Waals surface area contributed by atoms with Gasteiger partial charge in [0.15, 0.2) is 0 Å². The maximum absolute atomic E-state index is 11.8. The van der Waals surface area contributed by atoms with Crippen molar-refractivity contribution in [1.82, 2.24) is 9.97 Å². The van der Waals surface area contributed by atoms with Gasteiger partial charge >= 0.3 is 5.69 Å². The second kappa shape index (κ2) is 4.99. The first kappa shape index (κ1) is 11.6. The number of nitrogens with one attached hydrogen (secondary N) is 3. The van der Waals surface area contributed by atoms with Gasteiger partial charge in [0.2, 0.25) is 5.91 Å². The molecule has 1 aromatic heterocycles. The van der Waals surface area contributed by atoms with Crippen LogP contribution in [0.25, 0.3) is 0 Å². The Hall–Kier alpha value is -1.85. The summed E-state index contributed by atoms with van der Waals surface area (Å²) in [5, 5.41) is 2.58. The zero-order valence-corrected chi connectivity index (χ0v) is 9.41. The highest BCUT2D eigenvalue weighted by Crippen LogP contribution is 2.24. The predicted octanol–water partition coefficient (Wildman–Crippen LogP) is 0.582. The highest BCUT2D eigenvalue weighted by molar-refractivity contribution is 5.91. The Kier molecular flexibility index (Phi) is 3.41. The first-order chi connectivity index (χ1) is 8.15. The molecule has 3 N–H and O–H groups in total. The SMILES string of the molecule is O=C(Nc1cc(=O)[nH]c(=O)[nH]1)C1CCCCC1.